The van der Waals surface area contributed by atoms with Gasteiger partial charge >= 0.3 is 0 Å². The third-order valence-electron chi connectivity index (χ3n) is 2.25. The normalized spacial score (nSPS) is 23.6. The molecule has 0 aromatic heterocycles. The summed E-state index contributed by atoms with van der Waals surface area (Å²) < 4.78 is 5.14. The number of hydrogen-bond donors (Lipinski definition) is 0. The Labute approximate surface area is 79.1 Å². The number of hydrogen-bond acceptors (Lipinski definition) is 1. The van der Waals surface area contributed by atoms with Gasteiger partial charge in [-0.2, -0.15) is 0 Å². The smallest absolute Gasteiger partial charge is 0.133 e. The Hall–Kier alpha value is -0.430. The number of methoxy groups -OCH3 is 1. The van der Waals surface area contributed by atoms with E-state index < -0.39 is 0 Å². The number of halogens is 1. The summed E-state index contributed by atoms with van der Waals surface area (Å²) in [6.45, 7) is 4.42. The molecule has 1 atom stereocenters. The highest BCUT2D eigenvalue weighted by molar-refractivity contribution is 6.31. The van der Waals surface area contributed by atoms with Crippen LogP contribution in [0.4, 0.5) is 0 Å². The van der Waals surface area contributed by atoms with E-state index in [-0.39, 0.29) is 0 Å². The molecule has 1 nitrogen and oxygen atoms in total. The molecule has 1 aliphatic rings. The van der Waals surface area contributed by atoms with Gasteiger partial charge in [0.2, 0.25) is 0 Å². The summed E-state index contributed by atoms with van der Waals surface area (Å²) in [5.41, 5.74) is 0. The van der Waals surface area contributed by atoms with Crippen molar-refractivity contribution in [1.82, 2.24) is 0 Å². The summed E-state index contributed by atoms with van der Waals surface area (Å²) in [4.78, 5) is 0. The van der Waals surface area contributed by atoms with Crippen molar-refractivity contribution in [3.05, 3.63) is 22.9 Å². The number of allylic oxidation sites excluding steroid dienone is 3. The van der Waals surface area contributed by atoms with Crippen molar-refractivity contribution in [2.24, 2.45) is 11.8 Å². The second-order valence-corrected chi connectivity index (χ2v) is 3.84. The predicted octanol–water partition coefficient (Wildman–Crippen LogP) is 3.32. The van der Waals surface area contributed by atoms with Gasteiger partial charge < -0.3 is 4.74 Å². The SMILES string of the molecule is COC1=CC(C(C)C)CC=C1Cl. The minimum Gasteiger partial charge on any atom is -0.496 e. The first-order valence-corrected chi connectivity index (χ1v) is 4.64. The molecule has 0 N–H and O–H groups in total. The summed E-state index contributed by atoms with van der Waals surface area (Å²) in [6.07, 6.45) is 5.18. The average molecular weight is 187 g/mol. The molecule has 0 saturated heterocycles. The van der Waals surface area contributed by atoms with E-state index >= 15 is 0 Å². The molecule has 0 saturated carbocycles. The Kier molecular flexibility index (Phi) is 3.21. The minimum absolute atomic E-state index is 0.572. The van der Waals surface area contributed by atoms with Gasteiger partial charge in [0.15, 0.2) is 0 Å². The van der Waals surface area contributed by atoms with Crippen LogP contribution >= 0.6 is 11.6 Å². The van der Waals surface area contributed by atoms with Crippen molar-refractivity contribution in [2.45, 2.75) is 20.3 Å². The molecular formula is C10H15ClO. The third kappa shape index (κ3) is 2.04. The Morgan fingerprint density at radius 3 is 2.75 bits per heavy atom. The highest BCUT2D eigenvalue weighted by Gasteiger charge is 2.17. The zero-order chi connectivity index (χ0) is 9.14. The Morgan fingerprint density at radius 1 is 1.58 bits per heavy atom. The van der Waals surface area contributed by atoms with Crippen LogP contribution in [0.15, 0.2) is 22.9 Å². The van der Waals surface area contributed by atoms with Crippen LogP contribution in [0.1, 0.15) is 20.3 Å². The van der Waals surface area contributed by atoms with E-state index in [1.165, 1.54) is 0 Å². The van der Waals surface area contributed by atoms with Crippen molar-refractivity contribution in [1.29, 1.82) is 0 Å². The summed E-state index contributed by atoms with van der Waals surface area (Å²) in [7, 11) is 1.66. The molecule has 12 heavy (non-hydrogen) atoms. The third-order valence-corrected chi connectivity index (χ3v) is 2.59. The standard InChI is InChI=1S/C10H15ClO/c1-7(2)8-4-5-9(11)10(6-8)12-3/h5-8H,4H2,1-3H3. The fourth-order valence-corrected chi connectivity index (χ4v) is 1.54. The molecule has 0 heterocycles. The summed E-state index contributed by atoms with van der Waals surface area (Å²) in [6, 6.07) is 0. The molecule has 1 rings (SSSR count). The molecule has 0 aromatic carbocycles. The van der Waals surface area contributed by atoms with Crippen LogP contribution in [-0.2, 0) is 4.74 Å². The molecule has 0 spiro atoms. The van der Waals surface area contributed by atoms with E-state index in [2.05, 4.69) is 19.9 Å². The molecule has 0 aliphatic heterocycles. The van der Waals surface area contributed by atoms with E-state index in [9.17, 15) is 0 Å². The lowest BCUT2D eigenvalue weighted by Gasteiger charge is -2.20. The van der Waals surface area contributed by atoms with Gasteiger partial charge in [-0.05, 0) is 24.3 Å². The molecule has 0 aromatic rings. The van der Waals surface area contributed by atoms with Gasteiger partial charge in [0.25, 0.3) is 0 Å². The van der Waals surface area contributed by atoms with Crippen LogP contribution in [0.2, 0.25) is 0 Å². The first-order chi connectivity index (χ1) is 5.65. The zero-order valence-electron chi connectivity index (χ0n) is 7.80. The molecule has 1 unspecified atom stereocenters. The van der Waals surface area contributed by atoms with Crippen LogP contribution in [0, 0.1) is 11.8 Å². The lowest BCUT2D eigenvalue weighted by atomic mass is 9.89. The van der Waals surface area contributed by atoms with E-state index in [0.717, 1.165) is 17.2 Å². The van der Waals surface area contributed by atoms with Crippen LogP contribution in [0.5, 0.6) is 0 Å². The topological polar surface area (TPSA) is 9.23 Å². The fraction of sp³-hybridized carbons (Fsp3) is 0.600. The Morgan fingerprint density at radius 2 is 2.25 bits per heavy atom. The van der Waals surface area contributed by atoms with E-state index in [4.69, 9.17) is 16.3 Å². The Bertz CT molecular complexity index is 216. The van der Waals surface area contributed by atoms with E-state index in [1.54, 1.807) is 7.11 Å². The number of ether oxygens (including phenoxy) is 1. The van der Waals surface area contributed by atoms with Crippen LogP contribution < -0.4 is 0 Å². The van der Waals surface area contributed by atoms with Gasteiger partial charge in [0, 0.05) is 0 Å². The molecule has 68 valence electrons. The van der Waals surface area contributed by atoms with Crippen LogP contribution in [-0.4, -0.2) is 7.11 Å². The van der Waals surface area contributed by atoms with Gasteiger partial charge in [-0.15, -0.1) is 0 Å². The highest BCUT2D eigenvalue weighted by Crippen LogP contribution is 2.29. The lowest BCUT2D eigenvalue weighted by Crippen LogP contribution is -2.09. The molecular weight excluding hydrogens is 172 g/mol. The van der Waals surface area contributed by atoms with Gasteiger partial charge in [0.1, 0.15) is 5.76 Å². The van der Waals surface area contributed by atoms with Crippen molar-refractivity contribution in [3.63, 3.8) is 0 Å². The monoisotopic (exact) mass is 186 g/mol. The van der Waals surface area contributed by atoms with E-state index in [0.29, 0.717) is 11.8 Å². The maximum absolute atomic E-state index is 5.92. The van der Waals surface area contributed by atoms with Gasteiger partial charge in [0.05, 0.1) is 12.1 Å². The second kappa shape index (κ2) is 3.99. The summed E-state index contributed by atoms with van der Waals surface area (Å²) in [5, 5.41) is 0.745. The first kappa shape index (κ1) is 9.66. The average Bonchev–Trinajstić information content (AvgIpc) is 2.05. The fourth-order valence-electron chi connectivity index (χ4n) is 1.31. The number of rotatable bonds is 2. The van der Waals surface area contributed by atoms with Crippen LogP contribution in [0.3, 0.4) is 0 Å². The minimum atomic E-state index is 0.572. The lowest BCUT2D eigenvalue weighted by molar-refractivity contribution is 0.292. The summed E-state index contributed by atoms with van der Waals surface area (Å²) in [5.74, 6) is 2.04. The quantitative estimate of drug-likeness (QED) is 0.643. The largest absolute Gasteiger partial charge is 0.496 e. The van der Waals surface area contributed by atoms with Crippen molar-refractivity contribution in [3.8, 4) is 0 Å². The van der Waals surface area contributed by atoms with Gasteiger partial charge in [-0.25, -0.2) is 0 Å². The zero-order valence-corrected chi connectivity index (χ0v) is 8.56. The van der Waals surface area contributed by atoms with Crippen molar-refractivity contribution >= 4 is 11.6 Å². The Balaban J connectivity index is 2.73. The first-order valence-electron chi connectivity index (χ1n) is 4.27. The molecule has 0 amide bonds. The molecule has 0 radical (unpaired) electrons. The molecule has 2 heteroatoms. The van der Waals surface area contributed by atoms with Gasteiger partial charge in [-0.3, -0.25) is 0 Å². The molecule has 0 bridgehead atoms. The predicted molar refractivity (Wildman–Crippen MR) is 52.0 cm³/mol. The maximum atomic E-state index is 5.92. The highest BCUT2D eigenvalue weighted by atomic mass is 35.5. The van der Waals surface area contributed by atoms with Gasteiger partial charge in [-0.1, -0.05) is 31.5 Å². The van der Waals surface area contributed by atoms with Crippen LogP contribution in [0.25, 0.3) is 0 Å². The van der Waals surface area contributed by atoms with Crippen molar-refractivity contribution < 1.29 is 4.74 Å². The molecule has 1 aliphatic carbocycles. The molecule has 0 fully saturated rings. The van der Waals surface area contributed by atoms with Crippen molar-refractivity contribution in [2.75, 3.05) is 7.11 Å². The maximum Gasteiger partial charge on any atom is 0.133 e. The second-order valence-electron chi connectivity index (χ2n) is 3.43. The van der Waals surface area contributed by atoms with E-state index in [1.807, 2.05) is 6.08 Å². The summed E-state index contributed by atoms with van der Waals surface area (Å²) >= 11 is 5.92.